The Balaban J connectivity index is 1.64. The van der Waals surface area contributed by atoms with Gasteiger partial charge in [0.05, 0.1) is 7.11 Å². The van der Waals surface area contributed by atoms with E-state index in [-0.39, 0.29) is 28.6 Å². The van der Waals surface area contributed by atoms with Crippen LogP contribution in [0.4, 0.5) is 0 Å². The van der Waals surface area contributed by atoms with E-state index in [0.29, 0.717) is 29.6 Å². The number of aryl methyl sites for hydroxylation is 1. The molecule has 30 heavy (non-hydrogen) atoms. The molecule has 6 nitrogen and oxygen atoms in total. The van der Waals surface area contributed by atoms with E-state index < -0.39 is 23.1 Å². The Hall–Kier alpha value is -2.34. The van der Waals surface area contributed by atoms with E-state index in [9.17, 15) is 19.8 Å². The number of phenols is 1. The van der Waals surface area contributed by atoms with Crippen molar-refractivity contribution in [1.82, 2.24) is 0 Å². The van der Waals surface area contributed by atoms with Crippen molar-refractivity contribution in [3.05, 3.63) is 34.9 Å². The van der Waals surface area contributed by atoms with Gasteiger partial charge in [0, 0.05) is 17.1 Å². The number of ether oxygens (including phenoxy) is 2. The zero-order chi connectivity index (χ0) is 22.1. The maximum atomic E-state index is 12.9. The van der Waals surface area contributed by atoms with E-state index in [1.807, 2.05) is 13.0 Å². The molecule has 1 aromatic rings. The van der Waals surface area contributed by atoms with Crippen LogP contribution in [0.3, 0.4) is 0 Å². The number of aliphatic hydroxyl groups is 1. The van der Waals surface area contributed by atoms with Crippen LogP contribution in [0.5, 0.6) is 11.5 Å². The molecular weight excluding hydrogens is 384 g/mol. The molecule has 1 aromatic carbocycles. The van der Waals surface area contributed by atoms with Crippen molar-refractivity contribution in [2.24, 2.45) is 22.7 Å². The van der Waals surface area contributed by atoms with Gasteiger partial charge in [-0.05, 0) is 55.1 Å². The standard InChI is InChI=1S/C24H30O6/c1-13-6-16(29-5)8-18(26)20(13)21(27)30-19-11-23(4)17-10-22(2,3)9-14(17)7-15(12-25)24(19,23)28/h6-8,12,14,17,19,26,28H,9-11H2,1-5H3/t14-,17+,19-,23-,24-/m1/s1. The quantitative estimate of drug-likeness (QED) is 0.578. The largest absolute Gasteiger partial charge is 0.507 e. The van der Waals surface area contributed by atoms with Crippen molar-refractivity contribution in [3.8, 4) is 11.5 Å². The van der Waals surface area contributed by atoms with E-state index in [2.05, 4.69) is 13.8 Å². The first-order chi connectivity index (χ1) is 14.0. The van der Waals surface area contributed by atoms with Crippen LogP contribution >= 0.6 is 0 Å². The first kappa shape index (κ1) is 20.9. The van der Waals surface area contributed by atoms with Crippen molar-refractivity contribution >= 4 is 12.3 Å². The summed E-state index contributed by atoms with van der Waals surface area (Å²) in [5.41, 5.74) is -1.04. The Bertz CT molecular complexity index is 924. The van der Waals surface area contributed by atoms with E-state index >= 15 is 0 Å². The topological polar surface area (TPSA) is 93.1 Å². The van der Waals surface area contributed by atoms with E-state index in [1.165, 1.54) is 13.2 Å². The number of phenolic OH excluding ortho intramolecular Hbond substituents is 1. The van der Waals surface area contributed by atoms with Crippen molar-refractivity contribution in [2.45, 2.75) is 58.7 Å². The molecule has 6 heteroatoms. The molecule has 2 N–H and O–H groups in total. The zero-order valence-corrected chi connectivity index (χ0v) is 18.2. The first-order valence-electron chi connectivity index (χ1n) is 10.5. The molecule has 2 saturated carbocycles. The fourth-order valence-electron chi connectivity index (χ4n) is 6.28. The molecule has 0 unspecified atom stereocenters. The molecule has 0 aliphatic heterocycles. The highest BCUT2D eigenvalue weighted by Crippen LogP contribution is 2.68. The van der Waals surface area contributed by atoms with Gasteiger partial charge in [0.1, 0.15) is 35.1 Å². The number of carbonyl (C=O) groups excluding carboxylic acids is 2. The van der Waals surface area contributed by atoms with Gasteiger partial charge in [-0.25, -0.2) is 4.79 Å². The van der Waals surface area contributed by atoms with Crippen LogP contribution in [-0.2, 0) is 9.53 Å². The highest BCUT2D eigenvalue weighted by Gasteiger charge is 2.72. The Morgan fingerprint density at radius 2 is 1.90 bits per heavy atom. The van der Waals surface area contributed by atoms with Gasteiger partial charge in [-0.2, -0.15) is 0 Å². The minimum Gasteiger partial charge on any atom is -0.507 e. The summed E-state index contributed by atoms with van der Waals surface area (Å²) < 4.78 is 10.8. The molecule has 0 heterocycles. The smallest absolute Gasteiger partial charge is 0.342 e. The minimum absolute atomic E-state index is 0.0420. The maximum absolute atomic E-state index is 12.9. The molecule has 3 aliphatic rings. The number of benzene rings is 1. The van der Waals surface area contributed by atoms with Gasteiger partial charge in [0.15, 0.2) is 0 Å². The second kappa shape index (κ2) is 6.58. The Labute approximate surface area is 176 Å². The van der Waals surface area contributed by atoms with E-state index in [1.54, 1.807) is 13.0 Å². The third-order valence-corrected chi connectivity index (χ3v) is 7.78. The zero-order valence-electron chi connectivity index (χ0n) is 18.2. The average molecular weight is 414 g/mol. The lowest BCUT2D eigenvalue weighted by Gasteiger charge is -2.64. The fourth-order valence-corrected chi connectivity index (χ4v) is 6.28. The van der Waals surface area contributed by atoms with Gasteiger partial charge in [0.25, 0.3) is 0 Å². The van der Waals surface area contributed by atoms with Crippen LogP contribution in [0.2, 0.25) is 0 Å². The third kappa shape index (κ3) is 2.73. The summed E-state index contributed by atoms with van der Waals surface area (Å²) in [4.78, 5) is 24.8. The van der Waals surface area contributed by atoms with Gasteiger partial charge < -0.3 is 19.7 Å². The molecule has 5 atom stereocenters. The predicted molar refractivity (Wildman–Crippen MR) is 110 cm³/mol. The van der Waals surface area contributed by atoms with E-state index in [0.717, 1.165) is 12.8 Å². The lowest BCUT2D eigenvalue weighted by atomic mass is 9.44. The summed E-state index contributed by atoms with van der Waals surface area (Å²) in [6.07, 6.45) is 4.17. The molecule has 2 fully saturated rings. The molecule has 0 spiro atoms. The number of fused-ring (bicyclic) bond motifs is 3. The van der Waals surface area contributed by atoms with Crippen LogP contribution in [0.25, 0.3) is 0 Å². The third-order valence-electron chi connectivity index (χ3n) is 7.78. The van der Waals surface area contributed by atoms with Crippen molar-refractivity contribution in [1.29, 1.82) is 0 Å². The number of carbonyl (C=O) groups is 2. The van der Waals surface area contributed by atoms with Gasteiger partial charge in [-0.3, -0.25) is 4.79 Å². The Morgan fingerprint density at radius 3 is 2.50 bits per heavy atom. The number of aromatic hydroxyl groups is 1. The van der Waals surface area contributed by atoms with Crippen LogP contribution in [-0.4, -0.2) is 41.3 Å². The highest BCUT2D eigenvalue weighted by atomic mass is 16.6. The van der Waals surface area contributed by atoms with Gasteiger partial charge in [-0.1, -0.05) is 26.8 Å². The predicted octanol–water partition coefficient (Wildman–Crippen LogP) is 3.57. The maximum Gasteiger partial charge on any atom is 0.342 e. The SMILES string of the molecule is COc1cc(C)c(C(=O)O[C@@H]2C[C@]3(C)[C@H]4CC(C)(C)C[C@H]4C=C(C=O)[C@@]23O)c(O)c1. The molecule has 0 bridgehead atoms. The van der Waals surface area contributed by atoms with Crippen molar-refractivity contribution in [3.63, 3.8) is 0 Å². The summed E-state index contributed by atoms with van der Waals surface area (Å²) in [6, 6.07) is 2.99. The summed E-state index contributed by atoms with van der Waals surface area (Å²) in [7, 11) is 1.48. The van der Waals surface area contributed by atoms with Crippen molar-refractivity contribution < 1.29 is 29.3 Å². The number of aldehydes is 1. The molecule has 0 aromatic heterocycles. The van der Waals surface area contributed by atoms with Gasteiger partial charge in [-0.15, -0.1) is 0 Å². The molecule has 0 radical (unpaired) electrons. The summed E-state index contributed by atoms with van der Waals surface area (Å²) >= 11 is 0. The second-order valence-electron chi connectivity index (χ2n) is 10.2. The molecule has 4 rings (SSSR count). The Kier molecular flexibility index (Phi) is 4.59. The van der Waals surface area contributed by atoms with Crippen LogP contribution in [0.15, 0.2) is 23.8 Å². The molecular formula is C24H30O6. The summed E-state index contributed by atoms with van der Waals surface area (Å²) in [5, 5.41) is 22.0. The van der Waals surface area contributed by atoms with Gasteiger partial charge in [0.2, 0.25) is 0 Å². The number of hydrogen-bond donors (Lipinski definition) is 2. The first-order valence-corrected chi connectivity index (χ1v) is 10.5. The summed E-state index contributed by atoms with van der Waals surface area (Å²) in [5.74, 6) is -0.0439. The minimum atomic E-state index is -1.51. The molecule has 162 valence electrons. The molecule has 3 aliphatic carbocycles. The molecule has 0 amide bonds. The average Bonchev–Trinajstić information content (AvgIpc) is 2.98. The fraction of sp³-hybridized carbons (Fsp3) is 0.583. The molecule has 0 saturated heterocycles. The number of esters is 1. The van der Waals surface area contributed by atoms with Crippen LogP contribution in [0.1, 0.15) is 56.0 Å². The monoisotopic (exact) mass is 414 g/mol. The normalized spacial score (nSPS) is 36.1. The van der Waals surface area contributed by atoms with Crippen LogP contribution in [0, 0.1) is 29.6 Å². The number of rotatable bonds is 4. The van der Waals surface area contributed by atoms with E-state index in [4.69, 9.17) is 9.47 Å². The number of allylic oxidation sites excluding steroid dienone is 1. The number of methoxy groups -OCH3 is 1. The van der Waals surface area contributed by atoms with Crippen molar-refractivity contribution in [2.75, 3.05) is 7.11 Å². The van der Waals surface area contributed by atoms with Crippen LogP contribution < -0.4 is 4.74 Å². The lowest BCUT2D eigenvalue weighted by molar-refractivity contribution is -0.246. The second-order valence-corrected chi connectivity index (χ2v) is 10.2. The highest BCUT2D eigenvalue weighted by molar-refractivity contribution is 5.94. The summed E-state index contributed by atoms with van der Waals surface area (Å²) in [6.45, 7) is 8.12. The number of hydrogen-bond acceptors (Lipinski definition) is 6. The Morgan fingerprint density at radius 1 is 1.20 bits per heavy atom. The lowest BCUT2D eigenvalue weighted by Crippen LogP contribution is -2.72. The van der Waals surface area contributed by atoms with Gasteiger partial charge >= 0.3 is 5.97 Å².